The molecule has 0 saturated carbocycles. The van der Waals surface area contributed by atoms with Gasteiger partial charge in [-0.3, -0.25) is 9.79 Å². The molecule has 7 heteroatoms. The van der Waals surface area contributed by atoms with Gasteiger partial charge in [0.15, 0.2) is 5.96 Å². The van der Waals surface area contributed by atoms with Gasteiger partial charge in [0.2, 0.25) is 5.91 Å². The number of guanidine groups is 1. The molecule has 3 rings (SSSR count). The minimum atomic E-state index is 0.126. The van der Waals surface area contributed by atoms with E-state index in [0.717, 1.165) is 50.8 Å². The van der Waals surface area contributed by atoms with Crippen molar-refractivity contribution in [2.24, 2.45) is 10.9 Å². The Hall–Kier alpha value is -1.79. The van der Waals surface area contributed by atoms with Crippen LogP contribution in [0.1, 0.15) is 18.9 Å². The zero-order chi connectivity index (χ0) is 18.4. The summed E-state index contributed by atoms with van der Waals surface area (Å²) in [5, 5.41) is 4.03. The van der Waals surface area contributed by atoms with E-state index in [2.05, 4.69) is 10.2 Å². The van der Waals surface area contributed by atoms with E-state index >= 15 is 0 Å². The van der Waals surface area contributed by atoms with Crippen molar-refractivity contribution in [3.63, 3.8) is 0 Å². The van der Waals surface area contributed by atoms with E-state index in [-0.39, 0.29) is 5.91 Å². The molecule has 26 heavy (non-hydrogen) atoms. The summed E-state index contributed by atoms with van der Waals surface area (Å²) in [4.78, 5) is 21.3. The molecule has 6 nitrogen and oxygen atoms in total. The molecule has 1 atom stereocenters. The predicted octanol–water partition coefficient (Wildman–Crippen LogP) is 1.99. The highest BCUT2D eigenvalue weighted by molar-refractivity contribution is 6.30. The third kappa shape index (κ3) is 5.11. The Kier molecular flexibility index (Phi) is 6.74. The number of carbonyl (C=O) groups excluding carboxylic acids is 1. The number of hydrogen-bond donors (Lipinski definition) is 1. The summed E-state index contributed by atoms with van der Waals surface area (Å²) in [6.07, 6.45) is 1.07. The number of amides is 1. The standard InChI is InChI=1S/C19H27ClN4O2/c1-2-21-19(22-11-16-7-10-26-14-16)24-9-8-23(18(25)13-24)12-15-3-5-17(20)6-4-15/h3-6,16H,2,7-14H2,1H3,(H,21,22). The van der Waals surface area contributed by atoms with E-state index in [0.29, 0.717) is 30.6 Å². The van der Waals surface area contributed by atoms with Gasteiger partial charge < -0.3 is 19.9 Å². The second-order valence-corrected chi connectivity index (χ2v) is 7.22. The average molecular weight is 379 g/mol. The molecule has 1 amide bonds. The maximum Gasteiger partial charge on any atom is 0.242 e. The van der Waals surface area contributed by atoms with Gasteiger partial charge in [-0.15, -0.1) is 0 Å². The number of aliphatic imine (C=N–C) groups is 1. The molecule has 1 aromatic rings. The smallest absolute Gasteiger partial charge is 0.242 e. The van der Waals surface area contributed by atoms with Crippen molar-refractivity contribution in [3.8, 4) is 0 Å². The van der Waals surface area contributed by atoms with Gasteiger partial charge >= 0.3 is 0 Å². The fourth-order valence-electron chi connectivity index (χ4n) is 3.24. The monoisotopic (exact) mass is 378 g/mol. The van der Waals surface area contributed by atoms with Crippen molar-refractivity contribution in [1.29, 1.82) is 0 Å². The Morgan fingerprint density at radius 3 is 2.81 bits per heavy atom. The van der Waals surface area contributed by atoms with E-state index in [9.17, 15) is 4.79 Å². The Morgan fingerprint density at radius 2 is 2.15 bits per heavy atom. The van der Waals surface area contributed by atoms with Crippen LogP contribution in [0.15, 0.2) is 29.3 Å². The summed E-state index contributed by atoms with van der Waals surface area (Å²) in [5.74, 6) is 1.45. The number of benzene rings is 1. The zero-order valence-electron chi connectivity index (χ0n) is 15.3. The third-order valence-electron chi connectivity index (χ3n) is 4.76. The van der Waals surface area contributed by atoms with Gasteiger partial charge in [-0.25, -0.2) is 0 Å². The first-order valence-electron chi connectivity index (χ1n) is 9.29. The lowest BCUT2D eigenvalue weighted by Gasteiger charge is -2.36. The van der Waals surface area contributed by atoms with Crippen LogP contribution in [0.25, 0.3) is 0 Å². The molecule has 142 valence electrons. The number of piperazine rings is 1. The lowest BCUT2D eigenvalue weighted by molar-refractivity contribution is -0.135. The summed E-state index contributed by atoms with van der Waals surface area (Å²) in [6, 6.07) is 7.66. The van der Waals surface area contributed by atoms with Gasteiger partial charge in [-0.05, 0) is 31.0 Å². The first-order chi connectivity index (χ1) is 12.7. The second-order valence-electron chi connectivity index (χ2n) is 6.79. The van der Waals surface area contributed by atoms with Gasteiger partial charge in [0.05, 0.1) is 13.2 Å². The highest BCUT2D eigenvalue weighted by atomic mass is 35.5. The first-order valence-corrected chi connectivity index (χ1v) is 9.66. The predicted molar refractivity (Wildman–Crippen MR) is 103 cm³/mol. The molecule has 2 heterocycles. The van der Waals surface area contributed by atoms with Crippen LogP contribution in [-0.2, 0) is 16.1 Å². The number of rotatable bonds is 5. The van der Waals surface area contributed by atoms with E-state index in [4.69, 9.17) is 21.3 Å². The van der Waals surface area contributed by atoms with Crippen LogP contribution in [-0.4, -0.2) is 67.6 Å². The summed E-state index contributed by atoms with van der Waals surface area (Å²) in [7, 11) is 0. The zero-order valence-corrected chi connectivity index (χ0v) is 16.0. The van der Waals surface area contributed by atoms with Crippen LogP contribution in [0.4, 0.5) is 0 Å². The number of nitrogens with zero attached hydrogens (tertiary/aromatic N) is 3. The summed E-state index contributed by atoms with van der Waals surface area (Å²) in [5.41, 5.74) is 1.10. The van der Waals surface area contributed by atoms with Crippen molar-refractivity contribution in [3.05, 3.63) is 34.9 Å². The van der Waals surface area contributed by atoms with Gasteiger partial charge in [0.25, 0.3) is 0 Å². The maximum absolute atomic E-state index is 12.6. The molecule has 0 aliphatic carbocycles. The van der Waals surface area contributed by atoms with Gasteiger partial charge in [0, 0.05) is 50.3 Å². The molecule has 0 bridgehead atoms. The summed E-state index contributed by atoms with van der Waals surface area (Å²) in [6.45, 7) is 7.67. The molecule has 2 saturated heterocycles. The maximum atomic E-state index is 12.6. The van der Waals surface area contributed by atoms with Crippen LogP contribution in [0.2, 0.25) is 5.02 Å². The van der Waals surface area contributed by atoms with Gasteiger partial charge in [0.1, 0.15) is 0 Å². The lowest BCUT2D eigenvalue weighted by atomic mass is 10.1. The number of halogens is 1. The van der Waals surface area contributed by atoms with Crippen LogP contribution in [0.3, 0.4) is 0 Å². The molecule has 0 aromatic heterocycles. The van der Waals surface area contributed by atoms with Crippen LogP contribution in [0, 0.1) is 5.92 Å². The Labute approximate surface area is 160 Å². The minimum absolute atomic E-state index is 0.126. The molecule has 2 aliphatic rings. The number of carbonyl (C=O) groups is 1. The SMILES string of the molecule is CCNC(=NCC1CCOC1)N1CCN(Cc2ccc(Cl)cc2)C(=O)C1. The topological polar surface area (TPSA) is 57.2 Å². The third-order valence-corrected chi connectivity index (χ3v) is 5.01. The summed E-state index contributed by atoms with van der Waals surface area (Å²) < 4.78 is 5.42. The average Bonchev–Trinajstić information content (AvgIpc) is 3.16. The van der Waals surface area contributed by atoms with E-state index < -0.39 is 0 Å². The highest BCUT2D eigenvalue weighted by Crippen LogP contribution is 2.15. The molecule has 0 spiro atoms. The van der Waals surface area contributed by atoms with Crippen LogP contribution >= 0.6 is 11.6 Å². The lowest BCUT2D eigenvalue weighted by Crippen LogP contribution is -2.55. The van der Waals surface area contributed by atoms with Crippen molar-refractivity contribution in [2.75, 3.05) is 45.9 Å². The second kappa shape index (κ2) is 9.24. The van der Waals surface area contributed by atoms with Crippen LogP contribution < -0.4 is 5.32 Å². The molecule has 1 N–H and O–H groups in total. The number of ether oxygens (including phenoxy) is 1. The number of nitrogens with one attached hydrogen (secondary N) is 1. The molecule has 0 radical (unpaired) electrons. The molecule has 2 fully saturated rings. The van der Waals surface area contributed by atoms with E-state index in [1.165, 1.54) is 0 Å². The van der Waals surface area contributed by atoms with Crippen molar-refractivity contribution in [1.82, 2.24) is 15.1 Å². The fourth-order valence-corrected chi connectivity index (χ4v) is 3.36. The highest BCUT2D eigenvalue weighted by Gasteiger charge is 2.26. The first kappa shape index (κ1) is 19.0. The van der Waals surface area contributed by atoms with Crippen molar-refractivity contribution >= 4 is 23.5 Å². The Balaban J connectivity index is 1.57. The Morgan fingerprint density at radius 1 is 1.35 bits per heavy atom. The molecule has 2 aliphatic heterocycles. The fraction of sp³-hybridized carbons (Fsp3) is 0.579. The minimum Gasteiger partial charge on any atom is -0.381 e. The van der Waals surface area contributed by atoms with Crippen LogP contribution in [0.5, 0.6) is 0 Å². The van der Waals surface area contributed by atoms with Crippen molar-refractivity contribution < 1.29 is 9.53 Å². The van der Waals surface area contributed by atoms with E-state index in [1.54, 1.807) is 0 Å². The molecule has 1 unspecified atom stereocenters. The van der Waals surface area contributed by atoms with Gasteiger partial charge in [-0.1, -0.05) is 23.7 Å². The largest absolute Gasteiger partial charge is 0.381 e. The molecular formula is C19H27ClN4O2. The molecular weight excluding hydrogens is 352 g/mol. The molecule has 1 aromatic carbocycles. The van der Waals surface area contributed by atoms with Crippen molar-refractivity contribution in [2.45, 2.75) is 19.9 Å². The van der Waals surface area contributed by atoms with Gasteiger partial charge in [-0.2, -0.15) is 0 Å². The summed E-state index contributed by atoms with van der Waals surface area (Å²) >= 11 is 5.93. The van der Waals surface area contributed by atoms with E-state index in [1.807, 2.05) is 36.1 Å². The quantitative estimate of drug-likeness (QED) is 0.628. The normalized spacial score (nSPS) is 21.4. The number of hydrogen-bond acceptors (Lipinski definition) is 3. The Bertz CT molecular complexity index is 629.